The predicted octanol–water partition coefficient (Wildman–Crippen LogP) is 3.56. The highest BCUT2D eigenvalue weighted by Crippen LogP contribution is 2.28. The summed E-state index contributed by atoms with van der Waals surface area (Å²) in [5, 5.41) is 0. The second kappa shape index (κ2) is 11.4. The number of nitrogens with zero attached hydrogens (tertiary/aromatic N) is 2. The van der Waals surface area contributed by atoms with Crippen molar-refractivity contribution in [1.82, 2.24) is 9.80 Å². The van der Waals surface area contributed by atoms with E-state index in [2.05, 4.69) is 37.8 Å². The third-order valence-electron chi connectivity index (χ3n) is 5.30. The molecule has 0 bridgehead atoms. The van der Waals surface area contributed by atoms with Gasteiger partial charge in [0, 0.05) is 49.0 Å². The monoisotopic (exact) mass is 409 g/mol. The fourth-order valence-electron chi connectivity index (χ4n) is 3.29. The topological polar surface area (TPSA) is 49.6 Å². The summed E-state index contributed by atoms with van der Waals surface area (Å²) in [5.74, 6) is 0.258. The highest BCUT2D eigenvalue weighted by atomic mass is 35.5. The van der Waals surface area contributed by atoms with Gasteiger partial charge in [-0.25, -0.2) is 0 Å². The van der Waals surface area contributed by atoms with Crippen LogP contribution in [0.5, 0.6) is 0 Å². The van der Waals surface area contributed by atoms with Crippen molar-refractivity contribution in [2.24, 2.45) is 11.1 Å². The van der Waals surface area contributed by atoms with Crippen molar-refractivity contribution in [3.05, 3.63) is 21.9 Å². The van der Waals surface area contributed by atoms with Gasteiger partial charge in [-0.15, -0.1) is 36.2 Å². The summed E-state index contributed by atoms with van der Waals surface area (Å²) in [5.41, 5.74) is 5.57. The summed E-state index contributed by atoms with van der Waals surface area (Å²) in [6.07, 6.45) is 2.77. The number of piperazine rings is 1. The molecule has 0 aliphatic carbocycles. The Labute approximate surface area is 169 Å². The van der Waals surface area contributed by atoms with Gasteiger partial charge in [0.05, 0.1) is 5.41 Å². The van der Waals surface area contributed by atoms with Crippen molar-refractivity contribution in [2.75, 3.05) is 32.7 Å². The Bertz CT molecular complexity index is 504. The highest BCUT2D eigenvalue weighted by molar-refractivity contribution is 7.11. The quantitative estimate of drug-likeness (QED) is 0.748. The smallest absolute Gasteiger partial charge is 0.230 e. The number of nitrogens with two attached hydrogens (primary N) is 1. The lowest BCUT2D eigenvalue weighted by atomic mass is 9.81. The van der Waals surface area contributed by atoms with E-state index in [1.165, 1.54) is 9.75 Å². The van der Waals surface area contributed by atoms with Crippen molar-refractivity contribution < 1.29 is 4.79 Å². The molecule has 0 aromatic carbocycles. The van der Waals surface area contributed by atoms with Crippen LogP contribution in [0, 0.1) is 5.41 Å². The molecular weight excluding hydrogens is 377 g/mol. The van der Waals surface area contributed by atoms with Crippen LogP contribution in [0.4, 0.5) is 0 Å². The van der Waals surface area contributed by atoms with Crippen LogP contribution in [0.3, 0.4) is 0 Å². The molecule has 0 atom stereocenters. The summed E-state index contributed by atoms with van der Waals surface area (Å²) in [6.45, 7) is 11.4. The third-order valence-corrected chi connectivity index (χ3v) is 6.52. The van der Waals surface area contributed by atoms with Gasteiger partial charge in [-0.3, -0.25) is 9.69 Å². The molecule has 1 amide bonds. The second-order valence-corrected chi connectivity index (χ2v) is 7.73. The number of aryl methyl sites for hydroxylation is 1. The molecule has 1 saturated heterocycles. The Morgan fingerprint density at radius 1 is 1.08 bits per heavy atom. The van der Waals surface area contributed by atoms with E-state index in [0.29, 0.717) is 6.54 Å². The summed E-state index contributed by atoms with van der Waals surface area (Å²) in [4.78, 5) is 20.2. The Kier molecular flexibility index (Phi) is 11.2. The molecule has 4 nitrogen and oxygen atoms in total. The average molecular weight is 410 g/mol. The summed E-state index contributed by atoms with van der Waals surface area (Å²) < 4.78 is 0. The Morgan fingerprint density at radius 3 is 2.08 bits per heavy atom. The van der Waals surface area contributed by atoms with Gasteiger partial charge in [-0.05, 0) is 31.4 Å². The number of amides is 1. The van der Waals surface area contributed by atoms with Crippen LogP contribution in [-0.2, 0) is 17.8 Å². The maximum Gasteiger partial charge on any atom is 0.230 e. The lowest BCUT2D eigenvalue weighted by Gasteiger charge is -2.40. The lowest BCUT2D eigenvalue weighted by molar-refractivity contribution is -0.144. The van der Waals surface area contributed by atoms with E-state index >= 15 is 0 Å². The molecule has 0 spiro atoms. The molecule has 1 aliphatic rings. The van der Waals surface area contributed by atoms with Gasteiger partial charge in [0.1, 0.15) is 0 Å². The number of carbonyl (C=O) groups excluding carboxylic acids is 1. The zero-order valence-electron chi connectivity index (χ0n) is 15.6. The summed E-state index contributed by atoms with van der Waals surface area (Å²) in [7, 11) is 0. The van der Waals surface area contributed by atoms with E-state index in [1.54, 1.807) is 0 Å². The first-order chi connectivity index (χ1) is 11.1. The maximum atomic E-state index is 12.9. The van der Waals surface area contributed by atoms with E-state index in [-0.39, 0.29) is 36.1 Å². The summed E-state index contributed by atoms with van der Waals surface area (Å²) in [6, 6.07) is 4.48. The number of hydrogen-bond donors (Lipinski definition) is 1. The number of halogens is 2. The Morgan fingerprint density at radius 2 is 1.64 bits per heavy atom. The van der Waals surface area contributed by atoms with Crippen LogP contribution in [0.1, 0.15) is 43.4 Å². The summed E-state index contributed by atoms with van der Waals surface area (Å²) >= 11 is 1.91. The number of rotatable bonds is 7. The molecule has 0 radical (unpaired) electrons. The normalized spacial score (nSPS) is 15.4. The average Bonchev–Trinajstić information content (AvgIpc) is 3.05. The van der Waals surface area contributed by atoms with Gasteiger partial charge in [0.15, 0.2) is 0 Å². The van der Waals surface area contributed by atoms with Gasteiger partial charge in [0.2, 0.25) is 5.91 Å². The minimum Gasteiger partial charge on any atom is -0.340 e. The molecular formula is C18H33Cl2N3OS. The first-order valence-corrected chi connectivity index (χ1v) is 9.69. The lowest BCUT2D eigenvalue weighted by Crippen LogP contribution is -2.54. The predicted molar refractivity (Wildman–Crippen MR) is 112 cm³/mol. The maximum absolute atomic E-state index is 12.9. The molecule has 1 aromatic rings. The first-order valence-electron chi connectivity index (χ1n) is 8.88. The van der Waals surface area contributed by atoms with Gasteiger partial charge < -0.3 is 10.6 Å². The third kappa shape index (κ3) is 5.83. The number of thiophene rings is 1. The minimum absolute atomic E-state index is 0. The van der Waals surface area contributed by atoms with Crippen molar-refractivity contribution in [3.8, 4) is 0 Å². The molecule has 0 unspecified atom stereocenters. The first kappa shape index (κ1) is 24.7. The van der Waals surface area contributed by atoms with Crippen LogP contribution in [0.15, 0.2) is 12.1 Å². The number of carbonyl (C=O) groups is 1. The van der Waals surface area contributed by atoms with Crippen molar-refractivity contribution in [3.63, 3.8) is 0 Å². The molecule has 0 saturated carbocycles. The molecule has 2 heterocycles. The van der Waals surface area contributed by atoms with Gasteiger partial charge in [-0.2, -0.15) is 0 Å². The van der Waals surface area contributed by atoms with Crippen LogP contribution in [-0.4, -0.2) is 48.4 Å². The van der Waals surface area contributed by atoms with E-state index < -0.39 is 0 Å². The highest BCUT2D eigenvalue weighted by Gasteiger charge is 2.37. The van der Waals surface area contributed by atoms with E-state index in [9.17, 15) is 4.79 Å². The molecule has 2 N–H and O–H groups in total. The van der Waals surface area contributed by atoms with Gasteiger partial charge >= 0.3 is 0 Å². The molecule has 1 fully saturated rings. The SMILES string of the molecule is CCc1ccc(CN2CCN(C(=O)C(CC)(CC)CN)CC2)s1.Cl.Cl. The van der Waals surface area contributed by atoms with Gasteiger partial charge in [-0.1, -0.05) is 20.8 Å². The van der Waals surface area contributed by atoms with Crippen LogP contribution in [0.25, 0.3) is 0 Å². The minimum atomic E-state index is -0.355. The van der Waals surface area contributed by atoms with Gasteiger partial charge in [0.25, 0.3) is 0 Å². The fourth-order valence-corrected chi connectivity index (χ4v) is 4.29. The fraction of sp³-hybridized carbons (Fsp3) is 0.722. The van der Waals surface area contributed by atoms with E-state index in [0.717, 1.165) is 52.0 Å². The van der Waals surface area contributed by atoms with Crippen LogP contribution < -0.4 is 5.73 Å². The second-order valence-electron chi connectivity index (χ2n) is 6.48. The van der Waals surface area contributed by atoms with Crippen molar-refractivity contribution in [2.45, 2.75) is 46.6 Å². The van der Waals surface area contributed by atoms with Crippen molar-refractivity contribution in [1.29, 1.82) is 0 Å². The molecule has 1 aromatic heterocycles. The zero-order chi connectivity index (χ0) is 16.9. The van der Waals surface area contributed by atoms with E-state index in [1.807, 2.05) is 16.2 Å². The Hall–Kier alpha value is -0.330. The van der Waals surface area contributed by atoms with E-state index in [4.69, 9.17) is 5.73 Å². The molecule has 1 aliphatic heterocycles. The Balaban J connectivity index is 0.00000288. The standard InChI is InChI=1S/C18H31N3OS.2ClH/c1-4-15-7-8-16(23-15)13-20-9-11-21(12-10-20)17(22)18(5-2,6-3)14-19;;/h7-8H,4-6,9-14,19H2,1-3H3;2*1H. The van der Waals surface area contributed by atoms with Crippen molar-refractivity contribution >= 4 is 42.1 Å². The molecule has 2 rings (SSSR count). The number of hydrogen-bond acceptors (Lipinski definition) is 4. The molecule has 146 valence electrons. The molecule has 25 heavy (non-hydrogen) atoms. The zero-order valence-corrected chi connectivity index (χ0v) is 18.1. The largest absolute Gasteiger partial charge is 0.340 e. The van der Waals surface area contributed by atoms with Crippen LogP contribution >= 0.6 is 36.2 Å². The molecule has 7 heteroatoms. The van der Waals surface area contributed by atoms with Crippen LogP contribution in [0.2, 0.25) is 0 Å².